The Labute approximate surface area is 195 Å². The van der Waals surface area contributed by atoms with Gasteiger partial charge in [-0.25, -0.2) is 0 Å². The van der Waals surface area contributed by atoms with Crippen LogP contribution in [0.5, 0.6) is 0 Å². The van der Waals surface area contributed by atoms with E-state index in [9.17, 15) is 0 Å². The van der Waals surface area contributed by atoms with Crippen molar-refractivity contribution in [2.75, 3.05) is 0 Å². The molecule has 1 aliphatic carbocycles. The third kappa shape index (κ3) is 5.64. The molecule has 2 aromatic rings. The zero-order valence-electron chi connectivity index (χ0n) is 17.7. The summed E-state index contributed by atoms with van der Waals surface area (Å²) in [5, 5.41) is 2.94. The lowest BCUT2D eigenvalue weighted by Gasteiger charge is -2.37. The molecule has 158 valence electrons. The van der Waals surface area contributed by atoms with E-state index in [2.05, 4.69) is 100 Å². The molecule has 0 radical (unpaired) electrons. The number of aryl methyl sites for hydroxylation is 1. The zero-order valence-corrected chi connectivity index (χ0v) is 21.9. The molecule has 1 fully saturated rings. The number of hydrogen-bond donors (Lipinski definition) is 0. The third-order valence-corrected chi connectivity index (χ3v) is 13.3. The summed E-state index contributed by atoms with van der Waals surface area (Å²) in [6.07, 6.45) is 8.51. The highest BCUT2D eigenvalue weighted by atomic mass is 79.9. The lowest BCUT2D eigenvalue weighted by atomic mass is 10.1. The standard InChI is InChI=1S/C25H34Br2OSi/c1-3-5-12-20-13-10-11-16-25(20)29(17-6-4-2,22-14-8-7-9-15-22)28-21-18-23(26)24(27)19-21/h7-11,13-16,21,23-24H,3-6,12,17-19H2,1-2H3. The Hall–Kier alpha value is -0.423. The largest absolute Gasteiger partial charge is 0.405 e. The molecule has 0 bridgehead atoms. The molecular weight excluding hydrogens is 504 g/mol. The Kier molecular flexibility index (Phi) is 9.03. The van der Waals surface area contributed by atoms with Gasteiger partial charge in [0.15, 0.2) is 0 Å². The fraction of sp³-hybridized carbons (Fsp3) is 0.520. The third-order valence-electron chi connectivity index (χ3n) is 6.11. The van der Waals surface area contributed by atoms with Crippen LogP contribution in [0.25, 0.3) is 0 Å². The van der Waals surface area contributed by atoms with Crippen LogP contribution in [0.2, 0.25) is 6.04 Å². The maximum atomic E-state index is 7.31. The van der Waals surface area contributed by atoms with Gasteiger partial charge < -0.3 is 4.43 Å². The van der Waals surface area contributed by atoms with Crippen molar-refractivity contribution >= 4 is 50.6 Å². The van der Waals surface area contributed by atoms with Crippen LogP contribution in [0.1, 0.15) is 57.9 Å². The molecule has 2 aromatic carbocycles. The van der Waals surface area contributed by atoms with Gasteiger partial charge in [-0.15, -0.1) is 0 Å². The highest BCUT2D eigenvalue weighted by molar-refractivity contribution is 9.12. The molecule has 1 aliphatic rings. The first-order valence-corrected chi connectivity index (χ1v) is 15.1. The van der Waals surface area contributed by atoms with Crippen molar-refractivity contribution in [1.82, 2.24) is 0 Å². The van der Waals surface area contributed by atoms with Crippen molar-refractivity contribution in [2.24, 2.45) is 0 Å². The Morgan fingerprint density at radius 1 is 0.862 bits per heavy atom. The van der Waals surface area contributed by atoms with Gasteiger partial charge in [0.1, 0.15) is 0 Å². The monoisotopic (exact) mass is 536 g/mol. The fourth-order valence-electron chi connectivity index (χ4n) is 4.53. The topological polar surface area (TPSA) is 9.23 Å². The highest BCUT2D eigenvalue weighted by Crippen LogP contribution is 2.36. The van der Waals surface area contributed by atoms with E-state index < -0.39 is 8.32 Å². The second kappa shape index (κ2) is 11.3. The zero-order chi connectivity index (χ0) is 20.7. The Morgan fingerprint density at radius 3 is 2.14 bits per heavy atom. The molecule has 0 saturated heterocycles. The molecular formula is C25H34Br2OSi. The number of hydrogen-bond acceptors (Lipinski definition) is 1. The van der Waals surface area contributed by atoms with Gasteiger partial charge in [0.2, 0.25) is 0 Å². The highest BCUT2D eigenvalue weighted by Gasteiger charge is 2.44. The van der Waals surface area contributed by atoms with Gasteiger partial charge in [-0.05, 0) is 47.7 Å². The molecule has 1 saturated carbocycles. The number of halogens is 2. The lowest BCUT2D eigenvalue weighted by Crippen LogP contribution is -2.63. The number of rotatable bonds is 10. The molecule has 1 nitrogen and oxygen atoms in total. The molecule has 0 N–H and O–H groups in total. The van der Waals surface area contributed by atoms with Crippen molar-refractivity contribution in [1.29, 1.82) is 0 Å². The first-order chi connectivity index (χ1) is 14.1. The Morgan fingerprint density at radius 2 is 1.48 bits per heavy atom. The molecule has 0 amide bonds. The van der Waals surface area contributed by atoms with E-state index in [1.165, 1.54) is 41.6 Å². The summed E-state index contributed by atoms with van der Waals surface area (Å²) in [4.78, 5) is 0.993. The summed E-state index contributed by atoms with van der Waals surface area (Å²) in [5.74, 6) is 0. The van der Waals surface area contributed by atoms with E-state index >= 15 is 0 Å². The second-order valence-corrected chi connectivity index (χ2v) is 14.2. The quantitative estimate of drug-likeness (QED) is 0.245. The molecule has 4 heteroatoms. The maximum Gasteiger partial charge on any atom is 0.256 e. The summed E-state index contributed by atoms with van der Waals surface area (Å²) in [7, 11) is -2.33. The number of benzene rings is 2. The number of unbranched alkanes of at least 4 members (excludes halogenated alkanes) is 2. The van der Waals surface area contributed by atoms with Crippen LogP contribution in [0.3, 0.4) is 0 Å². The van der Waals surface area contributed by atoms with Gasteiger partial charge in [-0.2, -0.15) is 0 Å². The van der Waals surface area contributed by atoms with E-state index in [0.717, 1.165) is 25.3 Å². The summed E-state index contributed by atoms with van der Waals surface area (Å²) < 4.78 is 7.31. The van der Waals surface area contributed by atoms with Gasteiger partial charge in [0.25, 0.3) is 8.32 Å². The van der Waals surface area contributed by atoms with Crippen LogP contribution in [0.4, 0.5) is 0 Å². The van der Waals surface area contributed by atoms with Crippen LogP contribution < -0.4 is 10.4 Å². The van der Waals surface area contributed by atoms with Crippen molar-refractivity contribution < 1.29 is 4.43 Å². The Balaban J connectivity index is 2.09. The van der Waals surface area contributed by atoms with Crippen molar-refractivity contribution in [3.63, 3.8) is 0 Å². The minimum atomic E-state index is -2.33. The molecule has 3 unspecified atom stereocenters. The molecule has 0 aromatic heterocycles. The Bertz CT molecular complexity index is 743. The van der Waals surface area contributed by atoms with E-state index in [0.29, 0.717) is 15.8 Å². The number of alkyl halides is 2. The predicted octanol–water partition coefficient (Wildman–Crippen LogP) is 6.60. The minimum Gasteiger partial charge on any atom is -0.405 e. The van der Waals surface area contributed by atoms with Crippen LogP contribution >= 0.6 is 31.9 Å². The van der Waals surface area contributed by atoms with Gasteiger partial charge in [-0.3, -0.25) is 0 Å². The summed E-state index contributed by atoms with van der Waals surface area (Å²) >= 11 is 7.71. The van der Waals surface area contributed by atoms with Crippen LogP contribution in [0.15, 0.2) is 54.6 Å². The molecule has 0 aliphatic heterocycles. The average molecular weight is 538 g/mol. The van der Waals surface area contributed by atoms with Crippen molar-refractivity contribution in [3.05, 3.63) is 60.2 Å². The fourth-order valence-corrected chi connectivity index (χ4v) is 10.5. The maximum absolute atomic E-state index is 7.31. The van der Waals surface area contributed by atoms with Crippen LogP contribution in [-0.4, -0.2) is 24.1 Å². The minimum absolute atomic E-state index is 0.312. The second-order valence-electron chi connectivity index (χ2n) is 8.30. The van der Waals surface area contributed by atoms with Crippen LogP contribution in [0, 0.1) is 0 Å². The molecule has 0 heterocycles. The van der Waals surface area contributed by atoms with Gasteiger partial charge >= 0.3 is 0 Å². The molecule has 3 atom stereocenters. The lowest BCUT2D eigenvalue weighted by molar-refractivity contribution is 0.206. The molecule has 0 spiro atoms. The normalized spacial score (nSPS) is 23.8. The summed E-state index contributed by atoms with van der Waals surface area (Å²) in [6.45, 7) is 4.58. The SMILES string of the molecule is CCCCc1ccccc1[Si](CCCC)(OC1CC(Br)C(Br)C1)c1ccccc1. The first kappa shape index (κ1) is 23.2. The van der Waals surface area contributed by atoms with Crippen molar-refractivity contribution in [2.45, 2.75) is 80.6 Å². The predicted molar refractivity (Wildman–Crippen MR) is 136 cm³/mol. The van der Waals surface area contributed by atoms with Gasteiger partial charge in [-0.1, -0.05) is 120 Å². The summed E-state index contributed by atoms with van der Waals surface area (Å²) in [6, 6.07) is 21.5. The van der Waals surface area contributed by atoms with Crippen molar-refractivity contribution in [3.8, 4) is 0 Å². The summed E-state index contributed by atoms with van der Waals surface area (Å²) in [5.41, 5.74) is 1.50. The average Bonchev–Trinajstić information content (AvgIpc) is 3.07. The molecule has 3 rings (SSSR count). The van der Waals surface area contributed by atoms with Crippen LogP contribution in [-0.2, 0) is 10.8 Å². The van der Waals surface area contributed by atoms with Gasteiger partial charge in [0, 0.05) is 15.8 Å². The van der Waals surface area contributed by atoms with E-state index in [-0.39, 0.29) is 0 Å². The van der Waals surface area contributed by atoms with Gasteiger partial charge in [0.05, 0.1) is 0 Å². The smallest absolute Gasteiger partial charge is 0.256 e. The van der Waals surface area contributed by atoms with E-state index in [1.54, 1.807) is 0 Å². The first-order valence-electron chi connectivity index (χ1n) is 11.2. The molecule has 29 heavy (non-hydrogen) atoms. The van der Waals surface area contributed by atoms with E-state index in [4.69, 9.17) is 4.43 Å². The van der Waals surface area contributed by atoms with E-state index in [1.807, 2.05) is 0 Å².